The van der Waals surface area contributed by atoms with Gasteiger partial charge in [0.1, 0.15) is 5.69 Å². The molecule has 4 heterocycles. The second-order valence-electron chi connectivity index (χ2n) is 7.12. The summed E-state index contributed by atoms with van der Waals surface area (Å²) in [7, 11) is 0. The molecule has 2 aliphatic heterocycles. The van der Waals surface area contributed by atoms with E-state index < -0.39 is 12.0 Å². The Morgan fingerprint density at radius 2 is 2.27 bits per heavy atom. The highest BCUT2D eigenvalue weighted by molar-refractivity contribution is 14.1. The second kappa shape index (κ2) is 8.86. The zero-order valence-corrected chi connectivity index (χ0v) is 18.4. The van der Waals surface area contributed by atoms with Crippen molar-refractivity contribution in [3.05, 3.63) is 27.1 Å². The lowest BCUT2D eigenvalue weighted by Gasteiger charge is -2.25. The van der Waals surface area contributed by atoms with Gasteiger partial charge in [-0.15, -0.1) is 0 Å². The van der Waals surface area contributed by atoms with Crippen molar-refractivity contribution in [2.75, 3.05) is 25.5 Å². The number of hydrogen-bond donors (Lipinski definition) is 2. The summed E-state index contributed by atoms with van der Waals surface area (Å²) in [5.74, 6) is -0.404. The molecule has 2 amide bonds. The van der Waals surface area contributed by atoms with Crippen LogP contribution >= 0.6 is 22.6 Å². The Kier molecular flexibility index (Phi) is 6.20. The molecule has 11 heteroatoms. The molecular formula is C19H22IN5O5. The summed E-state index contributed by atoms with van der Waals surface area (Å²) in [6.45, 7) is 1.69. The Morgan fingerprint density at radius 1 is 1.43 bits per heavy atom. The van der Waals surface area contributed by atoms with E-state index in [9.17, 15) is 14.7 Å². The van der Waals surface area contributed by atoms with Crippen LogP contribution in [0.2, 0.25) is 0 Å². The van der Waals surface area contributed by atoms with Crippen molar-refractivity contribution in [3.8, 4) is 11.4 Å². The highest BCUT2D eigenvalue weighted by Gasteiger charge is 2.33. The van der Waals surface area contributed by atoms with E-state index in [4.69, 9.17) is 15.2 Å². The van der Waals surface area contributed by atoms with Gasteiger partial charge in [0.05, 0.1) is 21.4 Å². The van der Waals surface area contributed by atoms with Crippen molar-refractivity contribution >= 4 is 40.5 Å². The first-order valence-electron chi connectivity index (χ1n) is 9.74. The van der Waals surface area contributed by atoms with E-state index in [0.717, 1.165) is 33.4 Å². The number of fused-ring (bicyclic) bond motifs is 1. The van der Waals surface area contributed by atoms with Crippen molar-refractivity contribution in [1.82, 2.24) is 19.4 Å². The molecule has 30 heavy (non-hydrogen) atoms. The molecule has 0 saturated carbocycles. The average molecular weight is 527 g/mol. The summed E-state index contributed by atoms with van der Waals surface area (Å²) in [6, 6.07) is 1.69. The molecule has 0 spiro atoms. The third kappa shape index (κ3) is 4.14. The minimum absolute atomic E-state index is 0.111. The van der Waals surface area contributed by atoms with Gasteiger partial charge in [0.15, 0.2) is 6.29 Å². The third-order valence-electron chi connectivity index (χ3n) is 5.25. The number of nitrogens with zero attached hydrogens (tertiary/aromatic N) is 4. The van der Waals surface area contributed by atoms with Crippen molar-refractivity contribution in [2.45, 2.75) is 38.5 Å². The molecule has 3 N–H and O–H groups in total. The number of halogens is 1. The normalized spacial score (nSPS) is 19.0. The molecule has 1 atom stereocenters. The molecule has 1 fully saturated rings. The number of carboxylic acid groups (broad SMARTS) is 1. The Balaban J connectivity index is 1.67. The molecule has 10 nitrogen and oxygen atoms in total. The van der Waals surface area contributed by atoms with Gasteiger partial charge in [-0.2, -0.15) is 0 Å². The summed E-state index contributed by atoms with van der Waals surface area (Å²) < 4.78 is 14.3. The first-order valence-corrected chi connectivity index (χ1v) is 10.8. The molecule has 1 unspecified atom stereocenters. The number of ether oxygens (including phenoxy) is 2. The number of rotatable bonds is 5. The van der Waals surface area contributed by atoms with Crippen LogP contribution in [0.1, 0.15) is 35.3 Å². The second-order valence-corrected chi connectivity index (χ2v) is 8.28. The molecule has 0 bridgehead atoms. The molecule has 0 aromatic carbocycles. The highest BCUT2D eigenvalue weighted by atomic mass is 127. The minimum Gasteiger partial charge on any atom is -0.465 e. The maximum atomic E-state index is 12.7. The SMILES string of the molecule is Nc1ncc(I)c(-c2cc3c(n2CCOC2CCCCO2)CCN(C(=O)O)C3=O)n1. The number of carbonyl (C=O) groups is 2. The number of hydrogen-bond acceptors (Lipinski definition) is 7. The van der Waals surface area contributed by atoms with Crippen LogP contribution in [0.4, 0.5) is 10.7 Å². The monoisotopic (exact) mass is 527 g/mol. The number of nitrogens with two attached hydrogens (primary N) is 1. The quantitative estimate of drug-likeness (QED) is 0.567. The van der Waals surface area contributed by atoms with Crippen molar-refractivity contribution in [1.29, 1.82) is 0 Å². The number of imide groups is 1. The summed E-state index contributed by atoms with van der Waals surface area (Å²) >= 11 is 2.12. The van der Waals surface area contributed by atoms with Crippen LogP contribution in [0.3, 0.4) is 0 Å². The molecule has 1 saturated heterocycles. The largest absolute Gasteiger partial charge is 0.465 e. The van der Waals surface area contributed by atoms with Gasteiger partial charge in [-0.1, -0.05) is 0 Å². The topological polar surface area (TPSA) is 133 Å². The Morgan fingerprint density at radius 3 is 3.00 bits per heavy atom. The van der Waals surface area contributed by atoms with Crippen molar-refractivity contribution in [2.24, 2.45) is 0 Å². The van der Waals surface area contributed by atoms with Crippen LogP contribution in [-0.2, 0) is 22.4 Å². The molecule has 2 aliphatic rings. The summed E-state index contributed by atoms with van der Waals surface area (Å²) in [5.41, 5.74) is 8.21. The van der Waals surface area contributed by atoms with Crippen molar-refractivity contribution < 1.29 is 24.2 Å². The van der Waals surface area contributed by atoms with E-state index in [2.05, 4.69) is 32.6 Å². The number of anilines is 1. The van der Waals surface area contributed by atoms with Gasteiger partial charge in [-0.05, 0) is 47.9 Å². The number of aromatic nitrogens is 3. The first-order chi connectivity index (χ1) is 14.5. The standard InChI is InChI=1S/C19H22IN5O5/c20-12-10-22-18(21)23-16(12)14-9-11-13(4-5-25(17(11)26)19(27)28)24(14)6-8-30-15-3-1-2-7-29-15/h9-10,15H,1-8H2,(H,27,28)(H2,21,22,23). The van der Waals surface area contributed by atoms with Gasteiger partial charge in [0, 0.05) is 38.0 Å². The fraction of sp³-hybridized carbons (Fsp3) is 0.474. The fourth-order valence-corrected chi connectivity index (χ4v) is 4.36. The molecule has 0 radical (unpaired) electrons. The lowest BCUT2D eigenvalue weighted by Crippen LogP contribution is -2.41. The lowest BCUT2D eigenvalue weighted by atomic mass is 10.1. The molecular weight excluding hydrogens is 505 g/mol. The molecule has 2 aromatic rings. The molecule has 2 aromatic heterocycles. The van der Waals surface area contributed by atoms with E-state index >= 15 is 0 Å². The zero-order chi connectivity index (χ0) is 21.3. The molecule has 4 rings (SSSR count). The van der Waals surface area contributed by atoms with Crippen LogP contribution in [0.25, 0.3) is 11.4 Å². The third-order valence-corrected chi connectivity index (χ3v) is 6.04. The smallest absolute Gasteiger partial charge is 0.414 e. The van der Waals surface area contributed by atoms with Crippen LogP contribution < -0.4 is 5.73 Å². The maximum absolute atomic E-state index is 12.7. The number of nitrogen functional groups attached to an aromatic ring is 1. The summed E-state index contributed by atoms with van der Waals surface area (Å²) in [4.78, 5) is 33.4. The van der Waals surface area contributed by atoms with Crippen LogP contribution in [-0.4, -0.2) is 62.6 Å². The number of carbonyl (C=O) groups excluding carboxylic acids is 1. The summed E-state index contributed by atoms with van der Waals surface area (Å²) in [5, 5.41) is 9.32. The van der Waals surface area contributed by atoms with E-state index in [0.29, 0.717) is 43.1 Å². The van der Waals surface area contributed by atoms with Gasteiger partial charge >= 0.3 is 6.09 Å². The van der Waals surface area contributed by atoms with E-state index in [1.807, 2.05) is 4.57 Å². The minimum atomic E-state index is -1.25. The van der Waals surface area contributed by atoms with Gasteiger partial charge in [-0.25, -0.2) is 19.7 Å². The van der Waals surface area contributed by atoms with Crippen LogP contribution in [0.5, 0.6) is 0 Å². The van der Waals surface area contributed by atoms with Gasteiger partial charge < -0.3 is 24.9 Å². The first kappa shape index (κ1) is 21.0. The van der Waals surface area contributed by atoms with Crippen LogP contribution in [0, 0.1) is 3.57 Å². The van der Waals surface area contributed by atoms with Gasteiger partial charge in [0.2, 0.25) is 5.95 Å². The fourth-order valence-electron chi connectivity index (χ4n) is 3.82. The molecule has 160 valence electrons. The van der Waals surface area contributed by atoms with Crippen LogP contribution in [0.15, 0.2) is 12.3 Å². The Bertz CT molecular complexity index is 972. The Labute approximate surface area is 186 Å². The van der Waals surface area contributed by atoms with E-state index in [1.165, 1.54) is 0 Å². The summed E-state index contributed by atoms with van der Waals surface area (Å²) in [6.07, 6.45) is 3.56. The predicted octanol–water partition coefficient (Wildman–Crippen LogP) is 2.35. The van der Waals surface area contributed by atoms with Gasteiger partial charge in [0.25, 0.3) is 5.91 Å². The van der Waals surface area contributed by atoms with E-state index in [-0.39, 0.29) is 18.8 Å². The lowest BCUT2D eigenvalue weighted by molar-refractivity contribution is -0.163. The zero-order valence-electron chi connectivity index (χ0n) is 16.2. The maximum Gasteiger partial charge on any atom is 0.414 e. The predicted molar refractivity (Wildman–Crippen MR) is 115 cm³/mol. The van der Waals surface area contributed by atoms with Gasteiger partial charge in [-0.3, -0.25) is 4.79 Å². The average Bonchev–Trinajstić information content (AvgIpc) is 3.10. The molecule has 0 aliphatic carbocycles. The van der Waals surface area contributed by atoms with E-state index in [1.54, 1.807) is 12.3 Å². The highest BCUT2D eigenvalue weighted by Crippen LogP contribution is 2.32. The Hall–Kier alpha value is -2.25. The van der Waals surface area contributed by atoms with Crippen molar-refractivity contribution in [3.63, 3.8) is 0 Å². The number of amides is 2.